The van der Waals surface area contributed by atoms with Crippen LogP contribution >= 0.6 is 12.6 Å². The predicted molar refractivity (Wildman–Crippen MR) is 44.8 cm³/mol. The molecule has 0 fully saturated rings. The van der Waals surface area contributed by atoms with Crippen LogP contribution in [0.5, 0.6) is 0 Å². The standard InChI is InChI=1S/C6H9N2OS/c1-5-3-4-8(9)6(2,10)7-5/h3-4,10H,1-2H3/q-1. The highest BCUT2D eigenvalue weighted by atomic mass is 32.1. The summed E-state index contributed by atoms with van der Waals surface area (Å²) in [5, 5.41) is 11.6. The van der Waals surface area contributed by atoms with Crippen molar-refractivity contribution in [3.05, 3.63) is 17.5 Å². The third-order valence-corrected chi connectivity index (χ3v) is 1.55. The number of hydrogen-bond acceptors (Lipinski definition) is 4. The summed E-state index contributed by atoms with van der Waals surface area (Å²) < 4.78 is 0. The van der Waals surface area contributed by atoms with Gasteiger partial charge in [0.1, 0.15) is 0 Å². The average molecular weight is 157 g/mol. The van der Waals surface area contributed by atoms with Crippen LogP contribution in [0.4, 0.5) is 0 Å². The molecule has 3 nitrogen and oxygen atoms in total. The zero-order valence-electron chi connectivity index (χ0n) is 5.90. The van der Waals surface area contributed by atoms with Crippen molar-refractivity contribution in [3.8, 4) is 0 Å². The van der Waals surface area contributed by atoms with Gasteiger partial charge >= 0.3 is 0 Å². The highest BCUT2D eigenvalue weighted by Gasteiger charge is 2.19. The first kappa shape index (κ1) is 7.63. The van der Waals surface area contributed by atoms with Crippen molar-refractivity contribution in [1.82, 2.24) is 5.06 Å². The minimum absolute atomic E-state index is 0.711. The molecule has 0 aromatic carbocycles. The Morgan fingerprint density at radius 2 is 2.40 bits per heavy atom. The average Bonchev–Trinajstić information content (AvgIpc) is 1.78. The van der Waals surface area contributed by atoms with Gasteiger partial charge in [0, 0.05) is 5.71 Å². The van der Waals surface area contributed by atoms with E-state index in [-0.39, 0.29) is 0 Å². The molecule has 0 amide bonds. The quantitative estimate of drug-likeness (QED) is 0.539. The molecule has 0 radical (unpaired) electrons. The summed E-state index contributed by atoms with van der Waals surface area (Å²) in [6.45, 7) is 3.48. The van der Waals surface area contributed by atoms with E-state index in [1.54, 1.807) is 13.0 Å². The van der Waals surface area contributed by atoms with Gasteiger partial charge in [-0.3, -0.25) is 4.99 Å². The summed E-state index contributed by atoms with van der Waals surface area (Å²) in [4.78, 5) is 3.09. The van der Waals surface area contributed by atoms with Crippen LogP contribution in [0, 0.1) is 5.21 Å². The monoisotopic (exact) mass is 157 g/mol. The Labute approximate surface area is 65.4 Å². The predicted octanol–water partition coefficient (Wildman–Crippen LogP) is 1.38. The molecule has 0 aromatic heterocycles. The first-order chi connectivity index (χ1) is 4.52. The van der Waals surface area contributed by atoms with E-state index in [0.29, 0.717) is 5.06 Å². The number of thiol groups is 1. The Balaban J connectivity index is 2.88. The molecular weight excluding hydrogens is 148 g/mol. The highest BCUT2D eigenvalue weighted by molar-refractivity contribution is 7.81. The van der Waals surface area contributed by atoms with Crippen molar-refractivity contribution < 1.29 is 0 Å². The van der Waals surface area contributed by atoms with Gasteiger partial charge in [-0.1, -0.05) is 0 Å². The third-order valence-electron chi connectivity index (χ3n) is 1.26. The van der Waals surface area contributed by atoms with Gasteiger partial charge in [0.2, 0.25) is 0 Å². The fraction of sp³-hybridized carbons (Fsp3) is 0.500. The normalized spacial score (nSPS) is 32.4. The van der Waals surface area contributed by atoms with Crippen LogP contribution in [0.15, 0.2) is 17.3 Å². The maximum absolute atomic E-state index is 10.9. The number of allylic oxidation sites excluding steroid dienone is 1. The lowest BCUT2D eigenvalue weighted by molar-refractivity contribution is 0.361. The SMILES string of the molecule is CC1=NC(C)(S)N([O-])C=C1. The molecule has 1 aliphatic heterocycles. The summed E-state index contributed by atoms with van der Waals surface area (Å²) in [5.74, 6) is 0. The molecule has 0 saturated carbocycles. The first-order valence-corrected chi connectivity index (χ1v) is 3.40. The second kappa shape index (κ2) is 2.29. The molecule has 10 heavy (non-hydrogen) atoms. The molecule has 56 valence electrons. The van der Waals surface area contributed by atoms with Crippen LogP contribution in [0.3, 0.4) is 0 Å². The Morgan fingerprint density at radius 3 is 2.80 bits per heavy atom. The van der Waals surface area contributed by atoms with Crippen molar-refractivity contribution in [2.24, 2.45) is 4.99 Å². The maximum atomic E-state index is 10.9. The van der Waals surface area contributed by atoms with Crippen molar-refractivity contribution in [3.63, 3.8) is 0 Å². The van der Waals surface area contributed by atoms with Gasteiger partial charge in [0.25, 0.3) is 0 Å². The Hall–Kier alpha value is -0.480. The third kappa shape index (κ3) is 1.33. The van der Waals surface area contributed by atoms with E-state index in [1.165, 1.54) is 6.20 Å². The molecule has 0 aliphatic carbocycles. The van der Waals surface area contributed by atoms with E-state index in [1.807, 2.05) is 6.92 Å². The Kier molecular flexibility index (Phi) is 1.74. The zero-order chi connectivity index (χ0) is 7.78. The lowest BCUT2D eigenvalue weighted by Crippen LogP contribution is -2.34. The number of aliphatic imine (C=N–C) groups is 1. The van der Waals surface area contributed by atoms with Crippen LogP contribution in [-0.4, -0.2) is 15.8 Å². The van der Waals surface area contributed by atoms with Crippen LogP contribution in [0.1, 0.15) is 13.8 Å². The molecule has 4 heteroatoms. The fourth-order valence-electron chi connectivity index (χ4n) is 0.737. The molecule has 1 heterocycles. The van der Waals surface area contributed by atoms with E-state index in [9.17, 15) is 5.21 Å². The van der Waals surface area contributed by atoms with Gasteiger partial charge in [-0.2, -0.15) is 0 Å². The van der Waals surface area contributed by atoms with E-state index >= 15 is 0 Å². The van der Waals surface area contributed by atoms with Gasteiger partial charge in [0.05, 0.1) is 0 Å². The highest BCUT2D eigenvalue weighted by Crippen LogP contribution is 2.23. The largest absolute Gasteiger partial charge is 0.756 e. The molecule has 0 saturated heterocycles. The smallest absolute Gasteiger partial charge is 0.164 e. The van der Waals surface area contributed by atoms with Gasteiger partial charge < -0.3 is 10.3 Å². The van der Waals surface area contributed by atoms with Gasteiger partial charge in [-0.15, -0.1) is 12.6 Å². The van der Waals surface area contributed by atoms with Crippen LogP contribution in [-0.2, 0) is 0 Å². The summed E-state index contributed by atoms with van der Waals surface area (Å²) >= 11 is 4.05. The van der Waals surface area contributed by atoms with Crippen molar-refractivity contribution in [2.45, 2.75) is 18.8 Å². The number of hydroxylamine groups is 2. The molecule has 0 N–H and O–H groups in total. The fourth-order valence-corrected chi connectivity index (χ4v) is 0.962. The molecule has 1 aliphatic rings. The number of rotatable bonds is 0. The zero-order valence-corrected chi connectivity index (χ0v) is 6.80. The molecular formula is C6H9N2OS-. The van der Waals surface area contributed by atoms with Crippen molar-refractivity contribution in [2.75, 3.05) is 0 Å². The van der Waals surface area contributed by atoms with Gasteiger partial charge in [0.15, 0.2) is 4.99 Å². The molecule has 0 bridgehead atoms. The first-order valence-electron chi connectivity index (χ1n) is 2.96. The topological polar surface area (TPSA) is 38.7 Å². The lowest BCUT2D eigenvalue weighted by atomic mass is 10.3. The Morgan fingerprint density at radius 1 is 1.80 bits per heavy atom. The van der Waals surface area contributed by atoms with Crippen LogP contribution < -0.4 is 0 Å². The minimum atomic E-state index is -0.918. The van der Waals surface area contributed by atoms with Crippen molar-refractivity contribution >= 4 is 18.3 Å². The maximum Gasteiger partial charge on any atom is 0.164 e. The molecule has 0 aromatic rings. The van der Waals surface area contributed by atoms with E-state index in [4.69, 9.17) is 0 Å². The second-order valence-electron chi connectivity index (χ2n) is 2.37. The summed E-state index contributed by atoms with van der Waals surface area (Å²) in [6.07, 6.45) is 3.08. The van der Waals surface area contributed by atoms with Crippen LogP contribution in [0.25, 0.3) is 0 Å². The second-order valence-corrected chi connectivity index (χ2v) is 3.21. The molecule has 1 atom stereocenters. The number of nitrogens with zero attached hydrogens (tertiary/aromatic N) is 2. The van der Waals surface area contributed by atoms with E-state index in [2.05, 4.69) is 17.6 Å². The van der Waals surface area contributed by atoms with Crippen LogP contribution in [0.2, 0.25) is 0 Å². The van der Waals surface area contributed by atoms with E-state index < -0.39 is 4.99 Å². The molecule has 1 unspecified atom stereocenters. The molecule has 0 spiro atoms. The van der Waals surface area contributed by atoms with E-state index in [0.717, 1.165) is 5.71 Å². The summed E-state index contributed by atoms with van der Waals surface area (Å²) in [6, 6.07) is 0. The Bertz CT molecular complexity index is 198. The van der Waals surface area contributed by atoms with Crippen molar-refractivity contribution in [1.29, 1.82) is 0 Å². The summed E-state index contributed by atoms with van der Waals surface area (Å²) in [5.41, 5.74) is 0.824. The number of hydrogen-bond donors (Lipinski definition) is 1. The molecule has 1 rings (SSSR count). The van der Waals surface area contributed by atoms with Gasteiger partial charge in [-0.05, 0) is 26.1 Å². The van der Waals surface area contributed by atoms with Gasteiger partial charge in [-0.25, -0.2) is 0 Å². The lowest BCUT2D eigenvalue weighted by Gasteiger charge is -2.41. The minimum Gasteiger partial charge on any atom is -0.756 e. The summed E-state index contributed by atoms with van der Waals surface area (Å²) in [7, 11) is 0.